The Hall–Kier alpha value is -2.44. The lowest BCUT2D eigenvalue weighted by Crippen LogP contribution is -2.26. The molecule has 0 aliphatic rings. The molecule has 0 saturated heterocycles. The lowest BCUT2D eigenvalue weighted by Gasteiger charge is -2.00. The van der Waals surface area contributed by atoms with Gasteiger partial charge in [0.05, 0.1) is 12.2 Å². The molecule has 0 aromatic carbocycles. The molecule has 7 nitrogen and oxygen atoms in total. The highest BCUT2D eigenvalue weighted by Gasteiger charge is 2.11. The molecule has 7 heteroatoms. The lowest BCUT2D eigenvalue weighted by atomic mass is 10.3. The first-order valence-electron chi connectivity index (χ1n) is 4.77. The zero-order chi connectivity index (χ0) is 12.7. The van der Waals surface area contributed by atoms with Crippen molar-refractivity contribution in [3.8, 4) is 0 Å². The van der Waals surface area contributed by atoms with E-state index in [1.54, 1.807) is 6.92 Å². The van der Waals surface area contributed by atoms with Gasteiger partial charge in [-0.1, -0.05) is 0 Å². The van der Waals surface area contributed by atoms with E-state index in [0.29, 0.717) is 0 Å². The third-order valence-corrected chi connectivity index (χ3v) is 1.63. The molecule has 2 N–H and O–H groups in total. The minimum Gasteiger partial charge on any atom is -0.460 e. The Morgan fingerprint density at radius 3 is 2.65 bits per heavy atom. The van der Waals surface area contributed by atoms with Crippen LogP contribution < -0.4 is 5.73 Å². The highest BCUT2D eigenvalue weighted by Crippen LogP contribution is 1.99. The van der Waals surface area contributed by atoms with E-state index in [1.807, 2.05) is 0 Å². The van der Waals surface area contributed by atoms with E-state index in [2.05, 4.69) is 19.7 Å². The Kier molecular flexibility index (Phi) is 4.61. The van der Waals surface area contributed by atoms with Crippen LogP contribution in [0.5, 0.6) is 0 Å². The highest BCUT2D eigenvalue weighted by atomic mass is 16.7. The molecular formula is C10H11N3O4. The molecule has 1 rings (SSSR count). The SMILES string of the molecule is CCOC(=O)C(N)=NOC(=O)c1ccncc1. The van der Waals surface area contributed by atoms with Crippen LogP contribution in [-0.4, -0.2) is 29.4 Å². The first kappa shape index (κ1) is 12.6. The Balaban J connectivity index is 2.59. The molecule has 0 aliphatic heterocycles. The fourth-order valence-electron chi connectivity index (χ4n) is 0.874. The summed E-state index contributed by atoms with van der Waals surface area (Å²) in [6.45, 7) is 1.78. The van der Waals surface area contributed by atoms with Crippen LogP contribution in [0.2, 0.25) is 0 Å². The molecule has 0 bridgehead atoms. The first-order valence-corrected chi connectivity index (χ1v) is 4.77. The molecule has 0 saturated carbocycles. The third kappa shape index (κ3) is 3.90. The van der Waals surface area contributed by atoms with E-state index in [4.69, 9.17) is 5.73 Å². The molecule has 0 unspecified atom stereocenters. The van der Waals surface area contributed by atoms with Crippen molar-refractivity contribution in [2.75, 3.05) is 6.61 Å². The number of hydrogen-bond acceptors (Lipinski definition) is 6. The average Bonchev–Trinajstić information content (AvgIpc) is 2.36. The first-order chi connectivity index (χ1) is 8.15. The van der Waals surface area contributed by atoms with Crippen molar-refractivity contribution in [3.05, 3.63) is 30.1 Å². The number of ether oxygens (including phenoxy) is 1. The van der Waals surface area contributed by atoms with E-state index in [1.165, 1.54) is 24.5 Å². The number of amidine groups is 1. The molecule has 90 valence electrons. The van der Waals surface area contributed by atoms with Crippen molar-refractivity contribution in [2.45, 2.75) is 6.92 Å². The smallest absolute Gasteiger partial charge is 0.377 e. The number of esters is 1. The van der Waals surface area contributed by atoms with Crippen LogP contribution in [-0.2, 0) is 14.4 Å². The second-order valence-corrected chi connectivity index (χ2v) is 2.81. The fourth-order valence-corrected chi connectivity index (χ4v) is 0.874. The number of oxime groups is 1. The van der Waals surface area contributed by atoms with E-state index < -0.39 is 17.8 Å². The molecular weight excluding hydrogens is 226 g/mol. The predicted octanol–water partition coefficient (Wildman–Crippen LogP) is 0.0737. The van der Waals surface area contributed by atoms with Gasteiger partial charge in [0.25, 0.3) is 0 Å². The number of aromatic nitrogens is 1. The van der Waals surface area contributed by atoms with Crippen molar-refractivity contribution >= 4 is 17.8 Å². The molecule has 1 aromatic heterocycles. The monoisotopic (exact) mass is 237 g/mol. The lowest BCUT2D eigenvalue weighted by molar-refractivity contribution is -0.135. The van der Waals surface area contributed by atoms with Crippen LogP contribution in [0.25, 0.3) is 0 Å². The van der Waals surface area contributed by atoms with Crippen LogP contribution in [0.1, 0.15) is 17.3 Å². The number of nitrogens with two attached hydrogens (primary N) is 1. The highest BCUT2D eigenvalue weighted by molar-refractivity contribution is 6.34. The molecule has 0 radical (unpaired) electrons. The van der Waals surface area contributed by atoms with Crippen molar-refractivity contribution in [1.29, 1.82) is 0 Å². The summed E-state index contributed by atoms with van der Waals surface area (Å²) in [7, 11) is 0. The van der Waals surface area contributed by atoms with Crippen molar-refractivity contribution in [3.63, 3.8) is 0 Å². The number of pyridine rings is 1. The van der Waals surface area contributed by atoms with Gasteiger partial charge in [0.15, 0.2) is 0 Å². The van der Waals surface area contributed by atoms with Gasteiger partial charge in [-0.15, -0.1) is 0 Å². The van der Waals surface area contributed by atoms with Gasteiger partial charge in [0, 0.05) is 12.4 Å². The molecule has 0 amide bonds. The van der Waals surface area contributed by atoms with Crippen molar-refractivity contribution in [2.24, 2.45) is 10.9 Å². The predicted molar refractivity (Wildman–Crippen MR) is 57.9 cm³/mol. The van der Waals surface area contributed by atoms with Gasteiger partial charge >= 0.3 is 11.9 Å². The summed E-state index contributed by atoms with van der Waals surface area (Å²) in [5, 5.41) is 3.17. The number of carbonyl (C=O) groups excluding carboxylic acids is 2. The van der Waals surface area contributed by atoms with Gasteiger partial charge < -0.3 is 15.3 Å². The minimum atomic E-state index is -0.838. The molecule has 0 aliphatic carbocycles. The summed E-state index contributed by atoms with van der Waals surface area (Å²) in [4.78, 5) is 30.6. The average molecular weight is 237 g/mol. The van der Waals surface area contributed by atoms with Gasteiger partial charge in [0.2, 0.25) is 5.84 Å². The molecule has 0 spiro atoms. The van der Waals surface area contributed by atoms with Crippen LogP contribution >= 0.6 is 0 Å². The summed E-state index contributed by atoms with van der Waals surface area (Å²) in [5.41, 5.74) is 5.47. The summed E-state index contributed by atoms with van der Waals surface area (Å²) in [6, 6.07) is 2.89. The summed E-state index contributed by atoms with van der Waals surface area (Å²) >= 11 is 0. The molecule has 1 aromatic rings. The van der Waals surface area contributed by atoms with Gasteiger partial charge in [-0.05, 0) is 24.2 Å². The third-order valence-electron chi connectivity index (χ3n) is 1.63. The minimum absolute atomic E-state index is 0.160. The summed E-state index contributed by atoms with van der Waals surface area (Å²) in [6.07, 6.45) is 2.85. The largest absolute Gasteiger partial charge is 0.460 e. The Bertz CT molecular complexity index is 430. The zero-order valence-corrected chi connectivity index (χ0v) is 9.12. The molecule has 0 fully saturated rings. The van der Waals surface area contributed by atoms with Gasteiger partial charge in [0.1, 0.15) is 0 Å². The van der Waals surface area contributed by atoms with E-state index >= 15 is 0 Å². The van der Waals surface area contributed by atoms with Crippen molar-refractivity contribution < 1.29 is 19.2 Å². The van der Waals surface area contributed by atoms with E-state index in [9.17, 15) is 9.59 Å². The Labute approximate surface area is 97.2 Å². The molecule has 17 heavy (non-hydrogen) atoms. The summed E-state index contributed by atoms with van der Waals surface area (Å²) < 4.78 is 4.55. The van der Waals surface area contributed by atoms with Gasteiger partial charge in [-0.25, -0.2) is 9.59 Å². The zero-order valence-electron chi connectivity index (χ0n) is 9.12. The molecule has 0 atom stereocenters. The topological polar surface area (TPSA) is 104 Å². The molecule has 1 heterocycles. The van der Waals surface area contributed by atoms with Crippen LogP contribution in [0.15, 0.2) is 29.7 Å². The van der Waals surface area contributed by atoms with Gasteiger partial charge in [-0.2, -0.15) is 0 Å². The number of nitrogens with zero attached hydrogens (tertiary/aromatic N) is 2. The quantitative estimate of drug-likeness (QED) is 0.262. The maximum atomic E-state index is 11.4. The fraction of sp³-hybridized carbons (Fsp3) is 0.200. The number of hydrogen-bond donors (Lipinski definition) is 1. The van der Waals surface area contributed by atoms with Crippen LogP contribution in [0.4, 0.5) is 0 Å². The van der Waals surface area contributed by atoms with Crippen LogP contribution in [0.3, 0.4) is 0 Å². The Morgan fingerprint density at radius 1 is 1.41 bits per heavy atom. The maximum absolute atomic E-state index is 11.4. The second-order valence-electron chi connectivity index (χ2n) is 2.81. The summed E-state index contributed by atoms with van der Waals surface area (Å²) in [5.74, 6) is -2.09. The second kappa shape index (κ2) is 6.21. The van der Waals surface area contributed by atoms with Crippen molar-refractivity contribution in [1.82, 2.24) is 4.98 Å². The number of carbonyl (C=O) groups is 2. The normalized spacial score (nSPS) is 10.8. The number of rotatable bonds is 3. The van der Waals surface area contributed by atoms with E-state index in [0.717, 1.165) is 0 Å². The van der Waals surface area contributed by atoms with Gasteiger partial charge in [-0.3, -0.25) is 4.98 Å². The standard InChI is InChI=1S/C10H11N3O4/c1-2-16-10(15)8(11)13-17-9(14)7-3-5-12-6-4-7/h3-6H,2H2,1H3,(H2,11,13). The maximum Gasteiger partial charge on any atom is 0.377 e. The Morgan fingerprint density at radius 2 is 2.06 bits per heavy atom. The van der Waals surface area contributed by atoms with E-state index in [-0.39, 0.29) is 12.2 Å². The van der Waals surface area contributed by atoms with Crippen LogP contribution in [0, 0.1) is 0 Å².